The Morgan fingerprint density at radius 2 is 1.17 bits per heavy atom. The van der Waals surface area contributed by atoms with Crippen molar-refractivity contribution in [3.63, 3.8) is 0 Å². The molecule has 0 aliphatic carbocycles. The number of aryl methyl sites for hydroxylation is 2. The van der Waals surface area contributed by atoms with Gasteiger partial charge in [-0.3, -0.25) is 9.55 Å². The number of aromatic nitrogens is 3. The lowest BCUT2D eigenvalue weighted by Crippen LogP contribution is -2.17. The Labute approximate surface area is 403 Å². The maximum Gasteiger partial charge on any atom is 0.149 e. The largest absolute Gasteiger partial charge is 0.507 e. The van der Waals surface area contributed by atoms with E-state index < -0.39 is 61.5 Å². The van der Waals surface area contributed by atoms with E-state index in [0.717, 1.165) is 11.1 Å². The number of nitrogens with zero attached hydrogens (tertiary/aromatic N) is 3. The van der Waals surface area contributed by atoms with Crippen LogP contribution in [-0.2, 0) is 21.7 Å². The van der Waals surface area contributed by atoms with Crippen LogP contribution in [0.1, 0.15) is 137 Å². The van der Waals surface area contributed by atoms with Gasteiger partial charge >= 0.3 is 0 Å². The van der Waals surface area contributed by atoms with Crippen LogP contribution in [0.5, 0.6) is 5.75 Å². The number of hydrogen-bond acceptors (Lipinski definition) is 3. The summed E-state index contributed by atoms with van der Waals surface area (Å²) in [5.74, 6) is 0.238. The van der Waals surface area contributed by atoms with Crippen LogP contribution in [0.25, 0.3) is 72.7 Å². The molecule has 326 valence electrons. The minimum Gasteiger partial charge on any atom is -0.507 e. The number of aromatic hydroxyl groups is 1. The van der Waals surface area contributed by atoms with E-state index in [2.05, 4.69) is 47.6 Å². The van der Waals surface area contributed by atoms with Gasteiger partial charge in [-0.15, -0.1) is 0 Å². The van der Waals surface area contributed by atoms with E-state index >= 15 is 0 Å². The molecule has 64 heavy (non-hydrogen) atoms. The average molecular weight is 859 g/mol. The van der Waals surface area contributed by atoms with Gasteiger partial charge in [0, 0.05) is 49.0 Å². The smallest absolute Gasteiger partial charge is 0.149 e. The molecule has 0 saturated carbocycles. The van der Waals surface area contributed by atoms with Gasteiger partial charge < -0.3 is 5.11 Å². The number of rotatable bonds is 6. The molecular weight excluding hydrogens is 779 g/mol. The Kier molecular flexibility index (Phi) is 7.34. The molecule has 0 amide bonds. The summed E-state index contributed by atoms with van der Waals surface area (Å²) >= 11 is 0. The quantitative estimate of drug-likeness (QED) is 0.181. The first-order valence-electron chi connectivity index (χ1n) is 29.0. The van der Waals surface area contributed by atoms with Gasteiger partial charge in [-0.05, 0) is 134 Å². The van der Waals surface area contributed by atoms with Crippen LogP contribution in [0.4, 0.5) is 0 Å². The summed E-state index contributed by atoms with van der Waals surface area (Å²) in [6.45, 7) is 2.51. The number of phenolic OH excluding ortho intramolecular Hbond substituents is 1. The highest BCUT2D eigenvalue weighted by atomic mass is 16.3. The second-order valence-corrected chi connectivity index (χ2v) is 19.9. The number of para-hydroxylation sites is 1. The fourth-order valence-electron chi connectivity index (χ4n) is 8.35. The highest BCUT2D eigenvalue weighted by Gasteiger charge is 2.30. The molecule has 0 aliphatic rings. The maximum atomic E-state index is 12.7. The molecule has 6 aromatic carbocycles. The van der Waals surface area contributed by atoms with Gasteiger partial charge in [0.15, 0.2) is 0 Å². The molecule has 2 heterocycles. The van der Waals surface area contributed by atoms with E-state index in [-0.39, 0.29) is 28.3 Å². The SMILES string of the molecule is [2H]C([2H])([2H])c1cccc(C([2H])([2H])[2H])c1-c1ccnc(-c2cc(-c3cccc4c3nc(-c3cc(C(C)(C)C)cc(C(C)(C)C)c3O)n4-c3ccc(C(C([2H])([2H])[2H])(C([2H])([2H])[2H])C([2H])([2H])[2H])cc3-c3ccccc3)cc(C(C)(C)C)c2)c1. The number of fused-ring (bicyclic) bond motifs is 1. The lowest BCUT2D eigenvalue weighted by molar-refractivity contribution is 0.446. The van der Waals surface area contributed by atoms with Crippen molar-refractivity contribution in [2.75, 3.05) is 0 Å². The van der Waals surface area contributed by atoms with Crippen molar-refractivity contribution in [1.82, 2.24) is 14.5 Å². The van der Waals surface area contributed by atoms with Crippen LogP contribution < -0.4 is 0 Å². The van der Waals surface area contributed by atoms with E-state index in [1.807, 2.05) is 67.8 Å². The molecule has 8 aromatic rings. The van der Waals surface area contributed by atoms with Crippen LogP contribution in [0.3, 0.4) is 0 Å². The second-order valence-electron chi connectivity index (χ2n) is 19.9. The highest BCUT2D eigenvalue weighted by molar-refractivity contribution is 5.98. The van der Waals surface area contributed by atoms with E-state index in [4.69, 9.17) is 30.5 Å². The molecule has 8 rings (SSSR count). The fraction of sp³-hybridized carbons (Fsp3) is 0.300. The minimum absolute atomic E-state index is 0.0348. The Hall–Kier alpha value is -6.26. The van der Waals surface area contributed by atoms with Gasteiger partial charge in [0.25, 0.3) is 0 Å². The first kappa shape index (κ1) is 29.2. The molecule has 4 nitrogen and oxygen atoms in total. The van der Waals surface area contributed by atoms with Gasteiger partial charge in [0.1, 0.15) is 11.6 Å². The fourth-order valence-corrected chi connectivity index (χ4v) is 8.35. The van der Waals surface area contributed by atoms with Gasteiger partial charge in [-0.2, -0.15) is 0 Å². The summed E-state index contributed by atoms with van der Waals surface area (Å²) in [4.78, 5) is 10.3. The molecule has 0 unspecified atom stereocenters. The average Bonchev–Trinajstić information content (AvgIpc) is 3.92. The molecule has 0 radical (unpaired) electrons. The number of pyridine rings is 1. The van der Waals surface area contributed by atoms with Crippen molar-refractivity contribution < 1.29 is 25.7 Å². The van der Waals surface area contributed by atoms with Gasteiger partial charge in [0.05, 0.1) is 28.0 Å². The summed E-state index contributed by atoms with van der Waals surface area (Å²) in [5, 5.41) is 12.7. The number of imidazole rings is 1. The van der Waals surface area contributed by atoms with Crippen molar-refractivity contribution in [3.8, 4) is 67.5 Å². The predicted octanol–water partition coefficient (Wildman–Crippen LogP) is 16.3. The Morgan fingerprint density at radius 1 is 0.516 bits per heavy atom. The molecule has 0 fully saturated rings. The summed E-state index contributed by atoms with van der Waals surface area (Å²) in [7, 11) is 0. The summed E-state index contributed by atoms with van der Waals surface area (Å²) in [6, 6.07) is 36.1. The van der Waals surface area contributed by atoms with Crippen molar-refractivity contribution in [1.29, 1.82) is 0 Å². The summed E-state index contributed by atoms with van der Waals surface area (Å²) in [5.41, 5.74) is 2.39. The third-order valence-corrected chi connectivity index (χ3v) is 12.0. The lowest BCUT2D eigenvalue weighted by Gasteiger charge is -2.28. The molecule has 0 atom stereocenters. The number of hydrogen-bond donors (Lipinski definition) is 1. The first-order chi connectivity index (χ1) is 36.2. The highest BCUT2D eigenvalue weighted by Crippen LogP contribution is 2.46. The molecule has 4 heteroatoms. The Morgan fingerprint density at radius 3 is 1.83 bits per heavy atom. The third-order valence-electron chi connectivity index (χ3n) is 12.0. The third kappa shape index (κ3) is 8.43. The second kappa shape index (κ2) is 16.1. The number of benzene rings is 6. The first-order valence-corrected chi connectivity index (χ1v) is 21.5. The van der Waals surface area contributed by atoms with Crippen molar-refractivity contribution in [3.05, 3.63) is 167 Å². The summed E-state index contributed by atoms with van der Waals surface area (Å²) in [6.07, 6.45) is 1.53. The minimum atomic E-state index is -3.54. The van der Waals surface area contributed by atoms with Crippen molar-refractivity contribution >= 4 is 11.0 Å². The zero-order valence-electron chi connectivity index (χ0n) is 53.0. The van der Waals surface area contributed by atoms with Gasteiger partial charge in [0.2, 0.25) is 0 Å². The van der Waals surface area contributed by atoms with E-state index in [0.29, 0.717) is 66.9 Å². The van der Waals surface area contributed by atoms with Crippen molar-refractivity contribution in [2.24, 2.45) is 0 Å². The van der Waals surface area contributed by atoms with E-state index in [1.54, 1.807) is 42.5 Å². The molecule has 0 aliphatic heterocycles. The van der Waals surface area contributed by atoms with E-state index in [9.17, 15) is 5.11 Å². The van der Waals surface area contributed by atoms with E-state index in [1.165, 1.54) is 42.6 Å². The van der Waals surface area contributed by atoms with Crippen LogP contribution >= 0.6 is 0 Å². The van der Waals surface area contributed by atoms with Gasteiger partial charge in [-0.25, -0.2) is 4.98 Å². The molecule has 1 N–H and O–H groups in total. The standard InChI is InChI=1S/C60H65N3O/c1-37-20-18-21-38(2)53(37)40-28-29-61-50(33-40)42-30-41(31-44(32-42)58(6,7)8)46-24-19-25-52-54(46)62-56(48-35-45(59(9,10)11)36-49(55(48)64)60(12,13)14)63(52)51-27-26-43(57(3,4)5)34-47(51)39-22-16-15-17-23-39/h15-36,64H,1-14H3/i1D3,2D3,3D3,4D3,5D3. The van der Waals surface area contributed by atoms with Gasteiger partial charge in [-0.1, -0.05) is 162 Å². The zero-order valence-corrected chi connectivity index (χ0v) is 38.0. The molecule has 2 aromatic heterocycles. The molecule has 0 spiro atoms. The molecule has 0 saturated heterocycles. The monoisotopic (exact) mass is 859 g/mol. The number of phenols is 1. The molecule has 0 bridgehead atoms. The van der Waals surface area contributed by atoms with Crippen LogP contribution in [0.15, 0.2) is 134 Å². The molecular formula is C60H65N3O. The lowest BCUT2D eigenvalue weighted by atomic mass is 9.79. The Bertz CT molecular complexity index is 3550. The van der Waals surface area contributed by atoms with Crippen LogP contribution in [0, 0.1) is 13.7 Å². The normalized spacial score (nSPS) is 17.0. The Balaban J connectivity index is 1.50. The predicted molar refractivity (Wildman–Crippen MR) is 272 cm³/mol. The van der Waals surface area contributed by atoms with Crippen molar-refractivity contribution in [2.45, 2.75) is 118 Å². The topological polar surface area (TPSA) is 50.9 Å². The summed E-state index contributed by atoms with van der Waals surface area (Å²) < 4.78 is 130. The van der Waals surface area contributed by atoms with Crippen LogP contribution in [0.2, 0.25) is 0 Å². The maximum absolute atomic E-state index is 12.7. The zero-order chi connectivity index (χ0) is 58.6. The van der Waals surface area contributed by atoms with Crippen LogP contribution in [-0.4, -0.2) is 19.6 Å².